The van der Waals surface area contributed by atoms with Crippen LogP contribution in [-0.2, 0) is 23.8 Å². The highest BCUT2D eigenvalue weighted by molar-refractivity contribution is 5.84. The van der Waals surface area contributed by atoms with Crippen molar-refractivity contribution in [3.05, 3.63) is 59.7 Å². The lowest BCUT2D eigenvalue weighted by Gasteiger charge is -2.23. The third-order valence-electron chi connectivity index (χ3n) is 6.66. The molecule has 2 unspecified atom stereocenters. The maximum absolute atomic E-state index is 12.7. The second kappa shape index (κ2) is 9.44. The molecule has 2 aromatic rings. The molecule has 2 aliphatic heterocycles. The highest BCUT2D eigenvalue weighted by Crippen LogP contribution is 2.44. The molecular weight excluding hydrogens is 440 g/mol. The van der Waals surface area contributed by atoms with E-state index >= 15 is 0 Å². The summed E-state index contributed by atoms with van der Waals surface area (Å²) in [7, 11) is 0. The first-order valence-corrected chi connectivity index (χ1v) is 11.4. The first-order chi connectivity index (χ1) is 16.5. The van der Waals surface area contributed by atoms with Crippen LogP contribution in [0.25, 0.3) is 11.1 Å². The number of carbonyl (C=O) groups excluding carboxylic acids is 2. The second-order valence-corrected chi connectivity index (χ2v) is 8.69. The molecule has 3 aliphatic rings. The van der Waals surface area contributed by atoms with Crippen LogP contribution in [0.15, 0.2) is 48.5 Å². The van der Waals surface area contributed by atoms with Gasteiger partial charge in [0.15, 0.2) is 12.2 Å². The van der Waals surface area contributed by atoms with Crippen molar-refractivity contribution in [2.24, 2.45) is 0 Å². The van der Waals surface area contributed by atoms with Crippen LogP contribution in [0.1, 0.15) is 29.9 Å². The van der Waals surface area contributed by atoms with E-state index in [-0.39, 0.29) is 19.1 Å². The molecule has 2 saturated heterocycles. The van der Waals surface area contributed by atoms with Crippen LogP contribution < -0.4 is 10.6 Å². The smallest absolute Gasteiger partial charge is 0.407 e. The highest BCUT2D eigenvalue weighted by atomic mass is 16.6. The molecule has 0 aromatic heterocycles. The first-order valence-electron chi connectivity index (χ1n) is 11.4. The van der Waals surface area contributed by atoms with Crippen LogP contribution >= 0.6 is 0 Å². The number of hydrogen-bond donors (Lipinski definition) is 3. The zero-order chi connectivity index (χ0) is 23.7. The summed E-state index contributed by atoms with van der Waals surface area (Å²) in [6.45, 7) is 0.731. The fourth-order valence-corrected chi connectivity index (χ4v) is 5.03. The van der Waals surface area contributed by atoms with E-state index in [0.717, 1.165) is 22.3 Å². The Morgan fingerprint density at radius 2 is 1.41 bits per heavy atom. The van der Waals surface area contributed by atoms with Gasteiger partial charge >= 0.3 is 12.1 Å². The molecule has 34 heavy (non-hydrogen) atoms. The van der Waals surface area contributed by atoms with Crippen molar-refractivity contribution in [2.45, 2.75) is 43.1 Å². The molecule has 5 rings (SSSR count). The number of amides is 2. The number of rotatable bonds is 6. The summed E-state index contributed by atoms with van der Waals surface area (Å²) in [4.78, 5) is 36.6. The van der Waals surface area contributed by atoms with E-state index < -0.39 is 42.3 Å². The summed E-state index contributed by atoms with van der Waals surface area (Å²) >= 11 is 0. The van der Waals surface area contributed by atoms with Gasteiger partial charge in [0.25, 0.3) is 5.91 Å². The number of carboxylic acids is 1. The molecule has 0 bridgehead atoms. The second-order valence-electron chi connectivity index (χ2n) is 8.69. The minimum Gasteiger partial charge on any atom is -0.479 e. The fourth-order valence-electron chi connectivity index (χ4n) is 5.03. The summed E-state index contributed by atoms with van der Waals surface area (Å²) in [5, 5.41) is 14.7. The van der Waals surface area contributed by atoms with Gasteiger partial charge < -0.3 is 30.0 Å². The van der Waals surface area contributed by atoms with E-state index in [1.54, 1.807) is 0 Å². The van der Waals surface area contributed by atoms with Crippen molar-refractivity contribution in [1.82, 2.24) is 10.6 Å². The number of benzene rings is 2. The maximum Gasteiger partial charge on any atom is 0.407 e. The average molecular weight is 466 g/mol. The molecule has 4 atom stereocenters. The Hall–Kier alpha value is -3.43. The molecule has 2 heterocycles. The van der Waals surface area contributed by atoms with Gasteiger partial charge in [-0.05, 0) is 35.1 Å². The number of ether oxygens (including phenoxy) is 3. The van der Waals surface area contributed by atoms with Gasteiger partial charge in [-0.3, -0.25) is 4.79 Å². The standard InChI is InChI=1S/C25H26N2O7/c28-23(26-20-10-12-33-22(20)24(29)30)21-19(9-11-32-21)27-25(31)34-13-18-16-7-3-1-5-14(16)15-6-2-4-8-17(15)18/h1-8,18-22H,9-13H2,(H,26,28)(H,27,31)(H,29,30)/t19?,20-,21?,22+/m1/s1. The van der Waals surface area contributed by atoms with Crippen LogP contribution in [-0.4, -0.2) is 67.2 Å². The van der Waals surface area contributed by atoms with Crippen molar-refractivity contribution in [3.8, 4) is 11.1 Å². The van der Waals surface area contributed by atoms with Crippen molar-refractivity contribution in [3.63, 3.8) is 0 Å². The number of fused-ring (bicyclic) bond motifs is 3. The van der Waals surface area contributed by atoms with Crippen LogP contribution in [0, 0.1) is 0 Å². The number of aliphatic carboxylic acids is 1. The van der Waals surface area contributed by atoms with Gasteiger partial charge in [-0.1, -0.05) is 48.5 Å². The van der Waals surface area contributed by atoms with E-state index in [4.69, 9.17) is 14.2 Å². The molecule has 1 aliphatic carbocycles. The fraction of sp³-hybridized carbons (Fsp3) is 0.400. The van der Waals surface area contributed by atoms with Gasteiger partial charge in [-0.15, -0.1) is 0 Å². The Kier molecular flexibility index (Phi) is 6.21. The summed E-state index contributed by atoms with van der Waals surface area (Å²) < 4.78 is 16.3. The molecular formula is C25H26N2O7. The molecule has 2 amide bonds. The predicted molar refractivity (Wildman–Crippen MR) is 120 cm³/mol. The van der Waals surface area contributed by atoms with E-state index in [1.165, 1.54) is 0 Å². The van der Waals surface area contributed by atoms with Crippen LogP contribution in [0.2, 0.25) is 0 Å². The topological polar surface area (TPSA) is 123 Å². The number of hydrogen-bond acceptors (Lipinski definition) is 6. The lowest BCUT2D eigenvalue weighted by atomic mass is 9.98. The lowest BCUT2D eigenvalue weighted by Crippen LogP contribution is -2.53. The van der Waals surface area contributed by atoms with Gasteiger partial charge in [0.1, 0.15) is 6.61 Å². The Labute approximate surface area is 196 Å². The van der Waals surface area contributed by atoms with Gasteiger partial charge in [-0.2, -0.15) is 0 Å². The van der Waals surface area contributed by atoms with E-state index in [0.29, 0.717) is 19.4 Å². The Balaban J connectivity index is 1.19. The van der Waals surface area contributed by atoms with Crippen molar-refractivity contribution < 1.29 is 33.7 Å². The monoisotopic (exact) mass is 466 g/mol. The third kappa shape index (κ3) is 4.24. The van der Waals surface area contributed by atoms with Crippen molar-refractivity contribution in [2.75, 3.05) is 19.8 Å². The minimum absolute atomic E-state index is 0.0626. The zero-order valence-electron chi connectivity index (χ0n) is 18.4. The van der Waals surface area contributed by atoms with E-state index in [9.17, 15) is 19.5 Å². The van der Waals surface area contributed by atoms with Gasteiger partial charge in [0.05, 0.1) is 12.1 Å². The van der Waals surface area contributed by atoms with Crippen LogP contribution in [0.4, 0.5) is 4.79 Å². The van der Waals surface area contributed by atoms with Crippen molar-refractivity contribution in [1.29, 1.82) is 0 Å². The SMILES string of the molecule is O=C(NC1CCOC1C(=O)N[C@@H]1CCO[C@@H]1C(=O)O)OCC1c2ccccc2-c2ccccc21. The van der Waals surface area contributed by atoms with Crippen LogP contribution in [0.3, 0.4) is 0 Å². The summed E-state index contributed by atoms with van der Waals surface area (Å²) in [5.41, 5.74) is 4.52. The number of nitrogens with one attached hydrogen (secondary N) is 2. The molecule has 178 valence electrons. The maximum atomic E-state index is 12.7. The molecule has 0 radical (unpaired) electrons. The molecule has 9 heteroatoms. The van der Waals surface area contributed by atoms with Gasteiger partial charge in [-0.25, -0.2) is 9.59 Å². The number of carbonyl (C=O) groups is 3. The van der Waals surface area contributed by atoms with E-state index in [1.807, 2.05) is 36.4 Å². The molecule has 0 spiro atoms. The third-order valence-corrected chi connectivity index (χ3v) is 6.66. The van der Waals surface area contributed by atoms with Gasteiger partial charge in [0.2, 0.25) is 0 Å². The Morgan fingerprint density at radius 3 is 2.03 bits per heavy atom. The van der Waals surface area contributed by atoms with Gasteiger partial charge in [0, 0.05) is 19.1 Å². The number of carboxylic acid groups (broad SMARTS) is 1. The summed E-state index contributed by atoms with van der Waals surface area (Å²) in [5.74, 6) is -1.65. The van der Waals surface area contributed by atoms with Crippen LogP contribution in [0.5, 0.6) is 0 Å². The highest BCUT2D eigenvalue weighted by Gasteiger charge is 2.41. The zero-order valence-corrected chi connectivity index (χ0v) is 18.4. The molecule has 2 aromatic carbocycles. The molecule has 2 fully saturated rings. The summed E-state index contributed by atoms with van der Waals surface area (Å²) in [6, 6.07) is 15.0. The summed E-state index contributed by atoms with van der Waals surface area (Å²) in [6.07, 6.45) is -1.77. The minimum atomic E-state index is -1.12. The predicted octanol–water partition coefficient (Wildman–Crippen LogP) is 2.04. The Morgan fingerprint density at radius 1 is 0.853 bits per heavy atom. The van der Waals surface area contributed by atoms with E-state index in [2.05, 4.69) is 22.8 Å². The quantitative estimate of drug-likeness (QED) is 0.595. The lowest BCUT2D eigenvalue weighted by molar-refractivity contribution is -0.148. The largest absolute Gasteiger partial charge is 0.479 e. The Bertz CT molecular complexity index is 1060. The normalized spacial score (nSPS) is 25.4. The molecule has 9 nitrogen and oxygen atoms in total. The molecule has 3 N–H and O–H groups in total. The average Bonchev–Trinajstić information content (AvgIpc) is 3.55. The molecule has 0 saturated carbocycles. The number of alkyl carbamates (subject to hydrolysis) is 1. The van der Waals surface area contributed by atoms with Crippen molar-refractivity contribution >= 4 is 18.0 Å². The first kappa shape index (κ1) is 22.4.